The lowest BCUT2D eigenvalue weighted by molar-refractivity contribution is -0.132. The third kappa shape index (κ3) is 3.53. The number of morpholine rings is 1. The smallest absolute Gasteiger partial charge is 0.233 e. The van der Waals surface area contributed by atoms with Gasteiger partial charge < -0.3 is 9.64 Å². The zero-order valence-electron chi connectivity index (χ0n) is 13.2. The van der Waals surface area contributed by atoms with Crippen molar-refractivity contribution in [2.24, 2.45) is 0 Å². The fourth-order valence-electron chi connectivity index (χ4n) is 2.58. The van der Waals surface area contributed by atoms with E-state index in [-0.39, 0.29) is 5.91 Å². The number of aromatic nitrogens is 4. The van der Waals surface area contributed by atoms with Crippen LogP contribution in [0.25, 0.3) is 5.69 Å². The number of ether oxygens (including phenoxy) is 1. The molecule has 23 heavy (non-hydrogen) atoms. The number of tetrazole rings is 1. The molecule has 0 spiro atoms. The fraction of sp³-hybridized carbons (Fsp3) is 0.467. The number of aryl methyl sites for hydroxylation is 2. The molecule has 2 heterocycles. The second-order valence-electron chi connectivity index (χ2n) is 5.40. The van der Waals surface area contributed by atoms with E-state index in [1.165, 1.54) is 11.8 Å². The molecule has 1 aromatic carbocycles. The summed E-state index contributed by atoms with van der Waals surface area (Å²) >= 11 is 1.36. The van der Waals surface area contributed by atoms with Crippen LogP contribution in [0, 0.1) is 13.8 Å². The van der Waals surface area contributed by atoms with Gasteiger partial charge in [0.1, 0.15) is 0 Å². The molecule has 1 aliphatic rings. The van der Waals surface area contributed by atoms with E-state index in [9.17, 15) is 4.79 Å². The summed E-state index contributed by atoms with van der Waals surface area (Å²) in [5, 5.41) is 12.5. The summed E-state index contributed by atoms with van der Waals surface area (Å²) in [6.45, 7) is 6.57. The molecule has 0 radical (unpaired) electrons. The first-order valence-electron chi connectivity index (χ1n) is 7.50. The van der Waals surface area contributed by atoms with Crippen LogP contribution in [-0.2, 0) is 9.53 Å². The number of para-hydroxylation sites is 1. The van der Waals surface area contributed by atoms with E-state index in [2.05, 4.69) is 15.5 Å². The highest BCUT2D eigenvalue weighted by Gasteiger charge is 2.19. The molecule has 8 heteroatoms. The number of thioether (sulfide) groups is 1. The van der Waals surface area contributed by atoms with E-state index in [0.29, 0.717) is 37.2 Å². The maximum Gasteiger partial charge on any atom is 0.233 e. The van der Waals surface area contributed by atoms with Crippen LogP contribution in [0.1, 0.15) is 11.1 Å². The second kappa shape index (κ2) is 7.10. The van der Waals surface area contributed by atoms with Crippen molar-refractivity contribution < 1.29 is 9.53 Å². The van der Waals surface area contributed by atoms with Crippen molar-refractivity contribution in [3.63, 3.8) is 0 Å². The van der Waals surface area contributed by atoms with Gasteiger partial charge >= 0.3 is 0 Å². The standard InChI is InChI=1S/C15H19N5O2S/c1-11-4-3-5-12(2)14(11)20-15(16-17-18-20)23-10-13(21)19-6-8-22-9-7-19/h3-5H,6-10H2,1-2H3. The Balaban J connectivity index is 1.73. The first-order chi connectivity index (χ1) is 11.2. The average Bonchev–Trinajstić information content (AvgIpc) is 3.01. The van der Waals surface area contributed by atoms with Gasteiger partial charge in [-0.25, -0.2) is 0 Å². The van der Waals surface area contributed by atoms with Gasteiger partial charge in [0.25, 0.3) is 0 Å². The van der Waals surface area contributed by atoms with Crippen LogP contribution in [0.4, 0.5) is 0 Å². The molecule has 122 valence electrons. The molecule has 1 aliphatic heterocycles. The lowest BCUT2D eigenvalue weighted by atomic mass is 10.1. The average molecular weight is 333 g/mol. The van der Waals surface area contributed by atoms with Crippen LogP contribution in [0.2, 0.25) is 0 Å². The lowest BCUT2D eigenvalue weighted by Crippen LogP contribution is -2.41. The van der Waals surface area contributed by atoms with Crippen LogP contribution >= 0.6 is 11.8 Å². The Morgan fingerprint density at radius 1 is 1.26 bits per heavy atom. The molecule has 0 aliphatic carbocycles. The highest BCUT2D eigenvalue weighted by molar-refractivity contribution is 7.99. The van der Waals surface area contributed by atoms with Crippen LogP contribution in [0.15, 0.2) is 23.4 Å². The summed E-state index contributed by atoms with van der Waals surface area (Å²) < 4.78 is 6.98. The summed E-state index contributed by atoms with van der Waals surface area (Å²) in [7, 11) is 0. The number of carbonyl (C=O) groups excluding carboxylic acids is 1. The minimum absolute atomic E-state index is 0.0920. The molecule has 0 saturated carbocycles. The lowest BCUT2D eigenvalue weighted by Gasteiger charge is -2.26. The van der Waals surface area contributed by atoms with Crippen molar-refractivity contribution in [1.82, 2.24) is 25.1 Å². The van der Waals surface area contributed by atoms with E-state index >= 15 is 0 Å². The molecule has 1 aromatic heterocycles. The Kier molecular flexibility index (Phi) is 4.92. The Hall–Kier alpha value is -1.93. The van der Waals surface area contributed by atoms with E-state index in [0.717, 1.165) is 16.8 Å². The van der Waals surface area contributed by atoms with E-state index < -0.39 is 0 Å². The molecule has 0 bridgehead atoms. The van der Waals surface area contributed by atoms with Gasteiger partial charge in [0.05, 0.1) is 24.7 Å². The predicted octanol–water partition coefficient (Wildman–Crippen LogP) is 1.23. The van der Waals surface area contributed by atoms with Crippen LogP contribution in [0.5, 0.6) is 0 Å². The number of hydrogen-bond acceptors (Lipinski definition) is 6. The third-order valence-corrected chi connectivity index (χ3v) is 4.68. The summed E-state index contributed by atoms with van der Waals surface area (Å²) in [5.41, 5.74) is 3.16. The van der Waals surface area contributed by atoms with Crippen LogP contribution < -0.4 is 0 Å². The second-order valence-corrected chi connectivity index (χ2v) is 6.34. The van der Waals surface area contributed by atoms with Gasteiger partial charge in [-0.1, -0.05) is 30.0 Å². The zero-order valence-corrected chi connectivity index (χ0v) is 14.0. The van der Waals surface area contributed by atoms with Gasteiger partial charge in [-0.2, -0.15) is 4.68 Å². The number of hydrogen-bond donors (Lipinski definition) is 0. The molecule has 1 amide bonds. The Bertz CT molecular complexity index is 677. The first kappa shape index (κ1) is 15.9. The highest BCUT2D eigenvalue weighted by Crippen LogP contribution is 2.23. The SMILES string of the molecule is Cc1cccc(C)c1-n1nnnc1SCC(=O)N1CCOCC1. The van der Waals surface area contributed by atoms with Gasteiger partial charge in [-0.15, -0.1) is 5.10 Å². The van der Waals surface area contributed by atoms with E-state index in [1.54, 1.807) is 4.68 Å². The molecule has 0 atom stereocenters. The van der Waals surface area contributed by atoms with Crippen molar-refractivity contribution >= 4 is 17.7 Å². The third-order valence-electron chi connectivity index (χ3n) is 3.78. The molecule has 2 aromatic rings. The molecular formula is C15H19N5O2S. The van der Waals surface area contributed by atoms with E-state index in [1.807, 2.05) is 36.9 Å². The van der Waals surface area contributed by atoms with E-state index in [4.69, 9.17) is 4.74 Å². The summed E-state index contributed by atoms with van der Waals surface area (Å²) in [5.74, 6) is 0.417. The van der Waals surface area contributed by atoms with Gasteiger partial charge in [0.2, 0.25) is 11.1 Å². The minimum Gasteiger partial charge on any atom is -0.378 e. The molecule has 0 unspecified atom stereocenters. The Labute approximate surface area is 139 Å². The highest BCUT2D eigenvalue weighted by atomic mass is 32.2. The minimum atomic E-state index is 0.0920. The number of nitrogens with zero attached hydrogens (tertiary/aromatic N) is 5. The number of rotatable bonds is 4. The molecular weight excluding hydrogens is 314 g/mol. The number of amides is 1. The topological polar surface area (TPSA) is 73.1 Å². The Morgan fingerprint density at radius 3 is 2.65 bits per heavy atom. The van der Waals surface area contributed by atoms with Crippen molar-refractivity contribution in [2.75, 3.05) is 32.1 Å². The number of carbonyl (C=O) groups is 1. The monoisotopic (exact) mass is 333 g/mol. The summed E-state index contributed by atoms with van der Waals surface area (Å²) in [6, 6.07) is 6.06. The maximum atomic E-state index is 12.2. The maximum absolute atomic E-state index is 12.2. The normalized spacial score (nSPS) is 15.0. The zero-order chi connectivity index (χ0) is 16.2. The van der Waals surface area contributed by atoms with Gasteiger partial charge in [-0.05, 0) is 35.4 Å². The molecule has 1 saturated heterocycles. The summed E-state index contributed by atoms with van der Waals surface area (Å²) in [4.78, 5) is 14.1. The van der Waals surface area contributed by atoms with Crippen LogP contribution in [-0.4, -0.2) is 63.1 Å². The van der Waals surface area contributed by atoms with Gasteiger partial charge in [0, 0.05) is 13.1 Å². The molecule has 3 rings (SSSR count). The summed E-state index contributed by atoms with van der Waals surface area (Å²) in [6.07, 6.45) is 0. The van der Waals surface area contributed by atoms with Crippen molar-refractivity contribution in [2.45, 2.75) is 19.0 Å². The van der Waals surface area contributed by atoms with Crippen LogP contribution in [0.3, 0.4) is 0 Å². The first-order valence-corrected chi connectivity index (χ1v) is 8.48. The number of benzene rings is 1. The largest absolute Gasteiger partial charge is 0.378 e. The molecule has 1 fully saturated rings. The van der Waals surface area contributed by atoms with Crippen molar-refractivity contribution in [3.05, 3.63) is 29.3 Å². The molecule has 0 N–H and O–H groups in total. The van der Waals surface area contributed by atoms with Crippen molar-refractivity contribution in [3.8, 4) is 5.69 Å². The fourth-order valence-corrected chi connectivity index (χ4v) is 3.36. The Morgan fingerprint density at radius 2 is 1.96 bits per heavy atom. The predicted molar refractivity (Wildman–Crippen MR) is 86.8 cm³/mol. The van der Waals surface area contributed by atoms with Gasteiger partial charge in [-0.3, -0.25) is 4.79 Å². The van der Waals surface area contributed by atoms with Gasteiger partial charge in [0.15, 0.2) is 0 Å². The molecule has 7 nitrogen and oxygen atoms in total. The van der Waals surface area contributed by atoms with Crippen molar-refractivity contribution in [1.29, 1.82) is 0 Å². The quantitative estimate of drug-likeness (QED) is 0.784.